The fraction of sp³-hybridized carbons (Fsp3) is 0.556. The second kappa shape index (κ2) is 6.21. The molecule has 0 radical (unpaired) electrons. The minimum absolute atomic E-state index is 0.137. The van der Waals surface area contributed by atoms with Gasteiger partial charge < -0.3 is 4.90 Å². The van der Waals surface area contributed by atoms with E-state index in [0.29, 0.717) is 29.6 Å². The molecule has 1 aromatic rings. The highest BCUT2D eigenvalue weighted by atomic mass is 16.2. The predicted molar refractivity (Wildman–Crippen MR) is 85.9 cm³/mol. The number of benzene rings is 1. The Labute approximate surface area is 132 Å². The van der Waals surface area contributed by atoms with Crippen molar-refractivity contribution >= 4 is 11.8 Å². The van der Waals surface area contributed by atoms with E-state index in [1.54, 1.807) is 12.1 Å². The summed E-state index contributed by atoms with van der Waals surface area (Å²) in [5.41, 5.74) is 1.10. The lowest BCUT2D eigenvalue weighted by Crippen LogP contribution is -2.37. The second-order valence-electron chi connectivity index (χ2n) is 6.65. The third-order valence-corrected chi connectivity index (χ3v) is 4.89. The van der Waals surface area contributed by atoms with Crippen LogP contribution in [0.2, 0.25) is 0 Å². The molecular formula is C18H24N2O2. The topological polar surface area (TPSA) is 40.6 Å². The molecule has 118 valence electrons. The number of hydrogen-bond acceptors (Lipinski definition) is 3. The molecule has 22 heavy (non-hydrogen) atoms. The number of amides is 2. The van der Waals surface area contributed by atoms with E-state index in [4.69, 9.17) is 0 Å². The maximum absolute atomic E-state index is 12.3. The van der Waals surface area contributed by atoms with Crippen molar-refractivity contribution in [3.63, 3.8) is 0 Å². The maximum atomic E-state index is 12.3. The molecule has 2 aliphatic rings. The molecule has 1 unspecified atom stereocenters. The first kappa shape index (κ1) is 15.2. The van der Waals surface area contributed by atoms with Gasteiger partial charge in [-0.15, -0.1) is 0 Å². The van der Waals surface area contributed by atoms with Crippen molar-refractivity contribution in [2.45, 2.75) is 39.2 Å². The monoisotopic (exact) mass is 300 g/mol. The summed E-state index contributed by atoms with van der Waals surface area (Å²) in [4.78, 5) is 28.5. The zero-order chi connectivity index (χ0) is 15.7. The van der Waals surface area contributed by atoms with Crippen molar-refractivity contribution in [1.82, 2.24) is 9.80 Å². The Bertz CT molecular complexity index is 547. The summed E-state index contributed by atoms with van der Waals surface area (Å²) in [7, 11) is 0. The first-order chi connectivity index (χ1) is 10.6. The quantitative estimate of drug-likeness (QED) is 0.785. The molecule has 0 aliphatic carbocycles. The molecule has 2 heterocycles. The van der Waals surface area contributed by atoms with E-state index in [1.807, 2.05) is 12.1 Å². The van der Waals surface area contributed by atoms with E-state index >= 15 is 0 Å². The van der Waals surface area contributed by atoms with Crippen LogP contribution in [-0.2, 0) is 0 Å². The Hall–Kier alpha value is -1.68. The van der Waals surface area contributed by atoms with Gasteiger partial charge >= 0.3 is 0 Å². The first-order valence-corrected chi connectivity index (χ1v) is 8.29. The van der Waals surface area contributed by atoms with Crippen LogP contribution in [0.3, 0.4) is 0 Å². The van der Waals surface area contributed by atoms with Crippen LogP contribution in [0.25, 0.3) is 0 Å². The highest BCUT2D eigenvalue weighted by Crippen LogP contribution is 2.25. The first-order valence-electron chi connectivity index (χ1n) is 8.29. The molecule has 1 atom stereocenters. The molecule has 1 aromatic carbocycles. The van der Waals surface area contributed by atoms with Gasteiger partial charge in [-0.05, 0) is 43.9 Å². The number of likely N-dealkylation sites (tertiary alicyclic amines) is 1. The van der Waals surface area contributed by atoms with E-state index < -0.39 is 0 Å². The van der Waals surface area contributed by atoms with Crippen LogP contribution >= 0.6 is 0 Å². The van der Waals surface area contributed by atoms with Gasteiger partial charge in [-0.2, -0.15) is 0 Å². The third-order valence-electron chi connectivity index (χ3n) is 4.89. The summed E-state index contributed by atoms with van der Waals surface area (Å²) < 4.78 is 0. The zero-order valence-electron chi connectivity index (χ0n) is 13.4. The number of fused-ring (bicyclic) bond motifs is 1. The van der Waals surface area contributed by atoms with Gasteiger partial charge in [0.25, 0.3) is 11.8 Å². The van der Waals surface area contributed by atoms with Gasteiger partial charge in [-0.3, -0.25) is 14.5 Å². The second-order valence-corrected chi connectivity index (χ2v) is 6.65. The molecule has 4 nitrogen and oxygen atoms in total. The highest BCUT2D eigenvalue weighted by Gasteiger charge is 2.35. The number of rotatable bonds is 5. The highest BCUT2D eigenvalue weighted by molar-refractivity contribution is 6.21. The Morgan fingerprint density at radius 3 is 2.32 bits per heavy atom. The van der Waals surface area contributed by atoms with Crippen LogP contribution in [0.4, 0.5) is 0 Å². The van der Waals surface area contributed by atoms with Gasteiger partial charge in [0.15, 0.2) is 0 Å². The molecule has 0 saturated carbocycles. The van der Waals surface area contributed by atoms with Crippen molar-refractivity contribution in [2.75, 3.05) is 19.6 Å². The molecular weight excluding hydrogens is 276 g/mol. The van der Waals surface area contributed by atoms with E-state index in [9.17, 15) is 9.59 Å². The van der Waals surface area contributed by atoms with E-state index in [2.05, 4.69) is 18.7 Å². The maximum Gasteiger partial charge on any atom is 0.261 e. The number of hydrogen-bond donors (Lipinski definition) is 0. The van der Waals surface area contributed by atoms with Crippen LogP contribution in [0, 0.1) is 5.92 Å². The molecule has 3 rings (SSSR count). The lowest BCUT2D eigenvalue weighted by atomic mass is 10.0. The van der Waals surface area contributed by atoms with Crippen LogP contribution < -0.4 is 0 Å². The molecule has 1 saturated heterocycles. The lowest BCUT2D eigenvalue weighted by Gasteiger charge is -2.28. The average Bonchev–Trinajstić information content (AvgIpc) is 3.07. The smallest absolute Gasteiger partial charge is 0.261 e. The molecule has 0 bridgehead atoms. The summed E-state index contributed by atoms with van der Waals surface area (Å²) in [5, 5.41) is 0. The standard InChI is InChI=1S/C18H24N2O2/c1-13(2)16-9-5-10-19(16)11-6-12-20-17(21)14-7-3-4-8-15(14)18(20)22/h3-4,7-8,13,16H,5-6,9-12H2,1-2H3. The fourth-order valence-electron chi connectivity index (χ4n) is 3.76. The van der Waals surface area contributed by atoms with Gasteiger partial charge in [0.2, 0.25) is 0 Å². The zero-order valence-corrected chi connectivity index (χ0v) is 13.4. The van der Waals surface area contributed by atoms with Gasteiger partial charge in [-0.1, -0.05) is 26.0 Å². The summed E-state index contributed by atoms with van der Waals surface area (Å²) in [5.74, 6) is 0.395. The Kier molecular flexibility index (Phi) is 4.30. The van der Waals surface area contributed by atoms with E-state index in [-0.39, 0.29) is 11.8 Å². The fourth-order valence-corrected chi connectivity index (χ4v) is 3.76. The predicted octanol–water partition coefficient (Wildman–Crippen LogP) is 2.79. The van der Waals surface area contributed by atoms with Gasteiger partial charge in [0.1, 0.15) is 0 Å². The summed E-state index contributed by atoms with van der Waals surface area (Å²) in [6, 6.07) is 7.76. The van der Waals surface area contributed by atoms with Crippen molar-refractivity contribution < 1.29 is 9.59 Å². The summed E-state index contributed by atoms with van der Waals surface area (Å²) in [6.07, 6.45) is 3.38. The van der Waals surface area contributed by atoms with E-state index in [0.717, 1.165) is 19.5 Å². The lowest BCUT2D eigenvalue weighted by molar-refractivity contribution is 0.0645. The number of nitrogens with zero attached hydrogens (tertiary/aromatic N) is 2. The minimum atomic E-state index is -0.137. The van der Waals surface area contributed by atoms with Crippen LogP contribution in [0.5, 0.6) is 0 Å². The van der Waals surface area contributed by atoms with Crippen LogP contribution in [-0.4, -0.2) is 47.3 Å². The van der Waals surface area contributed by atoms with Crippen molar-refractivity contribution in [1.29, 1.82) is 0 Å². The number of carbonyl (C=O) groups is 2. The molecule has 1 fully saturated rings. The SMILES string of the molecule is CC(C)C1CCCN1CCCN1C(=O)c2ccccc2C1=O. The van der Waals surface area contributed by atoms with Gasteiger partial charge in [-0.25, -0.2) is 0 Å². The molecule has 2 amide bonds. The molecule has 0 aromatic heterocycles. The number of carbonyl (C=O) groups excluding carboxylic acids is 2. The van der Waals surface area contributed by atoms with Gasteiger partial charge in [0, 0.05) is 19.1 Å². The Morgan fingerprint density at radius 1 is 1.09 bits per heavy atom. The van der Waals surface area contributed by atoms with Crippen molar-refractivity contribution in [2.24, 2.45) is 5.92 Å². The normalized spacial score (nSPS) is 22.0. The van der Waals surface area contributed by atoms with E-state index in [1.165, 1.54) is 17.7 Å². The molecule has 0 N–H and O–H groups in total. The van der Waals surface area contributed by atoms with Crippen molar-refractivity contribution in [3.8, 4) is 0 Å². The molecule has 0 spiro atoms. The number of imide groups is 1. The largest absolute Gasteiger partial charge is 0.300 e. The van der Waals surface area contributed by atoms with Crippen molar-refractivity contribution in [3.05, 3.63) is 35.4 Å². The summed E-state index contributed by atoms with van der Waals surface area (Å²) >= 11 is 0. The van der Waals surface area contributed by atoms with Crippen LogP contribution in [0.1, 0.15) is 53.8 Å². The molecule has 4 heteroatoms. The minimum Gasteiger partial charge on any atom is -0.300 e. The third kappa shape index (κ3) is 2.68. The summed E-state index contributed by atoms with van der Waals surface area (Å²) in [6.45, 7) is 7.18. The molecule has 2 aliphatic heterocycles. The Balaban J connectivity index is 1.57. The van der Waals surface area contributed by atoms with Crippen LogP contribution in [0.15, 0.2) is 24.3 Å². The van der Waals surface area contributed by atoms with Gasteiger partial charge in [0.05, 0.1) is 11.1 Å². The Morgan fingerprint density at radius 2 is 1.73 bits per heavy atom. The average molecular weight is 300 g/mol.